The molecule has 4 aromatic rings. The molecule has 0 saturated carbocycles. The lowest BCUT2D eigenvalue weighted by Crippen LogP contribution is -2.31. The lowest BCUT2D eigenvalue weighted by atomic mass is 9.79. The fourth-order valence-electron chi connectivity index (χ4n) is 8.98. The van der Waals surface area contributed by atoms with E-state index in [0.29, 0.717) is 58.2 Å². The highest BCUT2D eigenvalue weighted by Gasteiger charge is 2.31. The molecular weight excluding hydrogens is 993 g/mol. The molecule has 16 heteroatoms. The highest BCUT2D eigenvalue weighted by molar-refractivity contribution is 6.21. The Bertz CT molecular complexity index is 2650. The van der Waals surface area contributed by atoms with Crippen molar-refractivity contribution in [3.8, 4) is 11.5 Å². The number of Topliss-reactive ketones (excluding diaryl/α,β-unsaturated/α-hetero) is 2. The van der Waals surface area contributed by atoms with E-state index >= 15 is 0 Å². The zero-order valence-corrected chi connectivity index (χ0v) is 45.6. The van der Waals surface area contributed by atoms with Gasteiger partial charge in [-0.25, -0.2) is 9.59 Å². The van der Waals surface area contributed by atoms with E-state index in [2.05, 4.69) is 62.8 Å². The third kappa shape index (κ3) is 17.3. The van der Waals surface area contributed by atoms with Crippen LogP contribution in [0.4, 0.5) is 21.0 Å². The van der Waals surface area contributed by atoms with E-state index in [1.165, 1.54) is 24.3 Å². The molecule has 78 heavy (non-hydrogen) atoms. The Morgan fingerprint density at radius 2 is 0.718 bits per heavy atom. The summed E-state index contributed by atoms with van der Waals surface area (Å²) >= 11 is 0. The Hall–Kier alpha value is -7.50. The number of carbonyl (C=O) groups is 6. The van der Waals surface area contributed by atoms with E-state index in [1.807, 2.05) is 60.7 Å². The molecule has 3 aliphatic rings. The lowest BCUT2D eigenvalue weighted by Gasteiger charge is -2.27. The molecule has 7 rings (SSSR count). The Balaban J connectivity index is 1.05. The van der Waals surface area contributed by atoms with Gasteiger partial charge in [0.15, 0.2) is 23.1 Å². The van der Waals surface area contributed by atoms with Crippen LogP contribution < -0.4 is 30.7 Å². The molecule has 4 N–H and O–H groups in total. The molecule has 3 aliphatic carbocycles. The number of para-hydroxylation sites is 2. The van der Waals surface area contributed by atoms with Crippen molar-refractivity contribution in [2.75, 3.05) is 89.8 Å². The number of ether oxygens (including phenoxy) is 6. The van der Waals surface area contributed by atoms with Gasteiger partial charge in [-0.3, -0.25) is 19.2 Å². The molecule has 0 aliphatic heterocycles. The van der Waals surface area contributed by atoms with Gasteiger partial charge in [-0.1, -0.05) is 102 Å². The average molecular weight is 1070 g/mol. The monoisotopic (exact) mass is 1060 g/mol. The van der Waals surface area contributed by atoms with Gasteiger partial charge in [-0.05, 0) is 92.8 Å². The fraction of sp³-hybridized carbons (Fsp3) is 0.387. The van der Waals surface area contributed by atoms with Crippen LogP contribution in [-0.4, -0.2) is 114 Å². The van der Waals surface area contributed by atoms with Crippen molar-refractivity contribution in [3.63, 3.8) is 0 Å². The summed E-state index contributed by atoms with van der Waals surface area (Å²) in [6.45, 7) is 15.2. The van der Waals surface area contributed by atoms with Crippen LogP contribution in [-0.2, 0) is 74.6 Å². The summed E-state index contributed by atoms with van der Waals surface area (Å²) < 4.78 is 36.2. The van der Waals surface area contributed by atoms with E-state index in [1.54, 1.807) is 24.3 Å². The molecule has 0 atom stereocenters. The topological polar surface area (TPSA) is 206 Å². The Kier molecular flexibility index (Phi) is 20.7. The third-order valence-electron chi connectivity index (χ3n) is 13.0. The van der Waals surface area contributed by atoms with Crippen molar-refractivity contribution in [2.24, 2.45) is 0 Å². The number of allylic oxidation sites excluding steroid dienone is 8. The van der Waals surface area contributed by atoms with E-state index < -0.39 is 0 Å². The van der Waals surface area contributed by atoms with Gasteiger partial charge in [0.1, 0.15) is 24.7 Å². The predicted octanol–water partition coefficient (Wildman–Crippen LogP) is 8.64. The molecule has 0 spiro atoms. The molecule has 8 bridgehead atoms. The van der Waals surface area contributed by atoms with Gasteiger partial charge in [0.25, 0.3) is 0 Å². The summed E-state index contributed by atoms with van der Waals surface area (Å²) in [5, 5.41) is 11.0. The van der Waals surface area contributed by atoms with Crippen molar-refractivity contribution >= 4 is 46.6 Å². The third-order valence-corrected chi connectivity index (χ3v) is 13.0. The Morgan fingerprint density at radius 3 is 1.03 bits per heavy atom. The molecule has 0 radical (unpaired) electrons. The van der Waals surface area contributed by atoms with Crippen molar-refractivity contribution in [3.05, 3.63) is 165 Å². The maximum Gasteiger partial charge on any atom is 0.319 e. The second-order valence-electron chi connectivity index (χ2n) is 21.2. The Morgan fingerprint density at radius 1 is 0.423 bits per heavy atom. The zero-order chi connectivity index (χ0) is 55.7. The van der Waals surface area contributed by atoms with Crippen LogP contribution in [0.15, 0.2) is 132 Å². The molecule has 4 aromatic carbocycles. The van der Waals surface area contributed by atoms with Crippen LogP contribution in [0.25, 0.3) is 0 Å². The molecule has 0 unspecified atom stereocenters. The number of urea groups is 2. The normalized spacial score (nSPS) is 14.6. The van der Waals surface area contributed by atoms with Gasteiger partial charge in [-0.15, -0.1) is 0 Å². The Labute approximate surface area is 457 Å². The standard InChI is InChI=1S/C62H72N4O12/c1-61(2,3)49-33-45-29-41-37-53(67)39-43(55(41)69)31-47-35-50(62(4,5)6)36-48(58(47)78-28-26-76-24-22-74-20-18-64-60(72)66-52-15-11-8-12-16-52)32-44-40-54(68)38-42(56(44)70)30-46(34-49)57(45)77-27-25-75-23-21-73-19-17-63-59(71)65-51-13-9-7-10-14-51/h7-16,33-40H,17-32H2,1-6H3,(H2,63,65,71)(H2,64,66,72). The summed E-state index contributed by atoms with van der Waals surface area (Å²) in [4.78, 5) is 81.3. The smallest absolute Gasteiger partial charge is 0.319 e. The number of hydrogen-bond donors (Lipinski definition) is 4. The first kappa shape index (κ1) is 58.2. The SMILES string of the molecule is CC(C)(C)c1cc2c(OCCOCCOCCNC(=O)Nc3ccccc3)c(c1)CC1=CC(=O)C=C(Cc3cc(C(C)(C)C)cc(c3OCCOCCOCCNC(=O)Nc3ccccc3)CC3=CC(=O)C=C(C2)C3=O)C1=O. The van der Waals surface area contributed by atoms with Crippen molar-refractivity contribution < 1.29 is 57.2 Å². The number of hydrogen-bond acceptors (Lipinski definition) is 12. The van der Waals surface area contributed by atoms with Crippen molar-refractivity contribution in [1.82, 2.24) is 10.6 Å². The van der Waals surface area contributed by atoms with E-state index in [9.17, 15) is 28.8 Å². The first-order valence-corrected chi connectivity index (χ1v) is 26.5. The molecule has 16 nitrogen and oxygen atoms in total. The van der Waals surface area contributed by atoms with E-state index in [-0.39, 0.29) is 160 Å². The van der Waals surface area contributed by atoms with Crippen LogP contribution in [0.5, 0.6) is 11.5 Å². The minimum atomic E-state index is -0.380. The average Bonchev–Trinajstić information content (AvgIpc) is 3.44. The highest BCUT2D eigenvalue weighted by Crippen LogP contribution is 2.40. The lowest BCUT2D eigenvalue weighted by molar-refractivity contribution is -0.115. The second kappa shape index (κ2) is 27.7. The van der Waals surface area contributed by atoms with Gasteiger partial charge in [0, 0.05) is 72.4 Å². The van der Waals surface area contributed by atoms with Crippen LogP contribution in [0.1, 0.15) is 74.9 Å². The predicted molar refractivity (Wildman–Crippen MR) is 299 cm³/mol. The molecule has 412 valence electrons. The van der Waals surface area contributed by atoms with Gasteiger partial charge in [-0.2, -0.15) is 0 Å². The molecule has 4 amide bonds. The van der Waals surface area contributed by atoms with E-state index in [0.717, 1.165) is 11.1 Å². The summed E-state index contributed by atoms with van der Waals surface area (Å²) in [6, 6.07) is 25.5. The zero-order valence-electron chi connectivity index (χ0n) is 45.6. The number of carbonyl (C=O) groups excluding carboxylic acids is 6. The van der Waals surface area contributed by atoms with Crippen molar-refractivity contribution in [2.45, 2.75) is 78.1 Å². The van der Waals surface area contributed by atoms with Gasteiger partial charge >= 0.3 is 12.1 Å². The summed E-state index contributed by atoms with van der Waals surface area (Å²) in [6.07, 6.45) is 5.74. The second-order valence-corrected chi connectivity index (χ2v) is 21.2. The first-order chi connectivity index (χ1) is 37.4. The number of nitrogens with one attached hydrogen (secondary N) is 4. The number of ketones is 4. The maximum atomic E-state index is 14.8. The maximum absolute atomic E-state index is 14.8. The summed E-state index contributed by atoms with van der Waals surface area (Å²) in [5.74, 6) is -0.315. The number of amides is 4. The molecule has 0 fully saturated rings. The highest BCUT2D eigenvalue weighted by atomic mass is 16.5. The molecule has 0 aromatic heterocycles. The summed E-state index contributed by atoms with van der Waals surface area (Å²) in [7, 11) is 0. The van der Waals surface area contributed by atoms with Gasteiger partial charge in [0.05, 0.1) is 52.9 Å². The summed E-state index contributed by atoms with van der Waals surface area (Å²) in [5.41, 5.74) is 6.17. The fourth-order valence-corrected chi connectivity index (χ4v) is 8.98. The number of anilines is 2. The van der Waals surface area contributed by atoms with Crippen LogP contribution in [0, 0.1) is 0 Å². The van der Waals surface area contributed by atoms with Crippen molar-refractivity contribution in [1.29, 1.82) is 0 Å². The van der Waals surface area contributed by atoms with Crippen LogP contribution in [0.2, 0.25) is 0 Å². The molecule has 0 saturated heterocycles. The minimum absolute atomic E-state index is 0.0507. The first-order valence-electron chi connectivity index (χ1n) is 26.5. The quantitative estimate of drug-likeness (QED) is 0.0431. The van der Waals surface area contributed by atoms with Gasteiger partial charge in [0.2, 0.25) is 0 Å². The number of rotatable bonds is 22. The van der Waals surface area contributed by atoms with Gasteiger partial charge < -0.3 is 49.7 Å². The van der Waals surface area contributed by atoms with Crippen LogP contribution >= 0.6 is 0 Å². The van der Waals surface area contributed by atoms with Crippen LogP contribution in [0.3, 0.4) is 0 Å². The number of fused-ring (bicyclic) bond motifs is 8. The minimum Gasteiger partial charge on any atom is -0.491 e. The molecule has 0 heterocycles. The number of benzene rings is 4. The largest absolute Gasteiger partial charge is 0.491 e. The molecular formula is C62H72N4O12. The van der Waals surface area contributed by atoms with E-state index in [4.69, 9.17) is 28.4 Å².